The minimum absolute atomic E-state index is 0.527. The summed E-state index contributed by atoms with van der Waals surface area (Å²) < 4.78 is 13.3. The molecule has 11 aromatic rings. The standard InChI is InChI=1S/C55H35NO2/c1-5-17-36(18-6-1)45-33-41(34-46-53-51(58-54(45)46)32-31-50-52(53)44-26-14-16-28-49(44)57-50)56(39-23-11-4-12-24-39)40-29-30-43-42-25-13-15-27-47(42)55(48(43)35-40,37-19-7-2-8-20-37)38-21-9-3-10-22-38/h1-35H. The smallest absolute Gasteiger partial charge is 0.143 e. The van der Waals surface area contributed by atoms with Gasteiger partial charge >= 0.3 is 0 Å². The maximum absolute atomic E-state index is 6.87. The van der Waals surface area contributed by atoms with E-state index in [0.29, 0.717) is 0 Å². The van der Waals surface area contributed by atoms with Crippen molar-refractivity contribution in [1.29, 1.82) is 0 Å². The summed E-state index contributed by atoms with van der Waals surface area (Å²) in [7, 11) is 0. The van der Waals surface area contributed by atoms with Gasteiger partial charge in [-0.1, -0.05) is 158 Å². The number of hydrogen-bond donors (Lipinski definition) is 0. The molecule has 2 heterocycles. The molecular weight excluding hydrogens is 707 g/mol. The second-order valence-corrected chi connectivity index (χ2v) is 15.2. The third kappa shape index (κ3) is 4.68. The van der Waals surface area contributed by atoms with Crippen molar-refractivity contribution < 1.29 is 8.83 Å². The quantitative estimate of drug-likeness (QED) is 0.170. The summed E-state index contributed by atoms with van der Waals surface area (Å²) in [5.74, 6) is 0. The Labute approximate surface area is 335 Å². The lowest BCUT2D eigenvalue weighted by Gasteiger charge is -2.35. The van der Waals surface area contributed by atoms with E-state index in [9.17, 15) is 0 Å². The van der Waals surface area contributed by atoms with E-state index < -0.39 is 5.41 Å². The van der Waals surface area contributed by atoms with E-state index in [1.807, 2.05) is 24.3 Å². The summed E-state index contributed by atoms with van der Waals surface area (Å²) in [5, 5.41) is 4.25. The lowest BCUT2D eigenvalue weighted by molar-refractivity contribution is 0.663. The third-order valence-electron chi connectivity index (χ3n) is 12.1. The molecule has 3 heteroatoms. The van der Waals surface area contributed by atoms with Crippen LogP contribution in [0.2, 0.25) is 0 Å². The Kier molecular flexibility index (Phi) is 7.14. The van der Waals surface area contributed by atoms with Crippen LogP contribution < -0.4 is 4.90 Å². The first-order valence-corrected chi connectivity index (χ1v) is 19.8. The number of furan rings is 2. The maximum Gasteiger partial charge on any atom is 0.143 e. The molecule has 1 aliphatic carbocycles. The van der Waals surface area contributed by atoms with Gasteiger partial charge in [-0.05, 0) is 93.5 Å². The molecule has 2 aromatic heterocycles. The number of benzene rings is 9. The molecular formula is C55H35NO2. The highest BCUT2D eigenvalue weighted by Gasteiger charge is 2.46. The van der Waals surface area contributed by atoms with Gasteiger partial charge in [0.1, 0.15) is 22.3 Å². The summed E-state index contributed by atoms with van der Waals surface area (Å²) in [6.45, 7) is 0. The number of nitrogens with zero attached hydrogens (tertiary/aromatic N) is 1. The lowest BCUT2D eigenvalue weighted by Crippen LogP contribution is -2.28. The van der Waals surface area contributed by atoms with Gasteiger partial charge in [-0.25, -0.2) is 0 Å². The molecule has 0 N–H and O–H groups in total. The van der Waals surface area contributed by atoms with Crippen LogP contribution in [0, 0.1) is 0 Å². The highest BCUT2D eigenvalue weighted by molar-refractivity contribution is 6.27. The second kappa shape index (κ2) is 12.7. The Bertz CT molecular complexity index is 3290. The van der Waals surface area contributed by atoms with Crippen LogP contribution in [0.4, 0.5) is 17.1 Å². The van der Waals surface area contributed by atoms with Crippen molar-refractivity contribution in [3.8, 4) is 22.3 Å². The summed E-state index contributed by atoms with van der Waals surface area (Å²) >= 11 is 0. The summed E-state index contributed by atoms with van der Waals surface area (Å²) in [6, 6.07) is 76.3. The van der Waals surface area contributed by atoms with E-state index in [0.717, 1.165) is 72.1 Å². The Hall–Kier alpha value is -7.62. The predicted octanol–water partition coefficient (Wildman–Crippen LogP) is 15.0. The van der Waals surface area contributed by atoms with Crippen LogP contribution in [0.3, 0.4) is 0 Å². The lowest BCUT2D eigenvalue weighted by atomic mass is 9.67. The predicted molar refractivity (Wildman–Crippen MR) is 238 cm³/mol. The van der Waals surface area contributed by atoms with Crippen molar-refractivity contribution in [3.63, 3.8) is 0 Å². The van der Waals surface area contributed by atoms with Gasteiger partial charge in [0.2, 0.25) is 0 Å². The molecule has 0 unspecified atom stereocenters. The van der Waals surface area contributed by atoms with Crippen molar-refractivity contribution in [2.75, 3.05) is 4.90 Å². The van der Waals surface area contributed by atoms with E-state index in [1.165, 1.54) is 33.4 Å². The minimum atomic E-state index is -0.527. The number of anilines is 3. The van der Waals surface area contributed by atoms with Gasteiger partial charge in [-0.3, -0.25) is 0 Å². The molecule has 0 amide bonds. The first-order valence-electron chi connectivity index (χ1n) is 19.8. The number of hydrogen-bond acceptors (Lipinski definition) is 3. The molecule has 12 rings (SSSR count). The van der Waals surface area contributed by atoms with Gasteiger partial charge < -0.3 is 13.7 Å². The minimum Gasteiger partial charge on any atom is -0.456 e. The molecule has 0 atom stereocenters. The van der Waals surface area contributed by atoms with Crippen molar-refractivity contribution in [3.05, 3.63) is 235 Å². The Balaban J connectivity index is 1.18. The fourth-order valence-corrected chi connectivity index (χ4v) is 9.73. The van der Waals surface area contributed by atoms with Gasteiger partial charge in [-0.2, -0.15) is 0 Å². The molecule has 0 spiro atoms. The van der Waals surface area contributed by atoms with Gasteiger partial charge in [0, 0.05) is 44.2 Å². The SMILES string of the molecule is c1ccc(-c2cc(N(c3ccccc3)c3ccc4c(c3)C(c3ccccc3)(c3ccccc3)c3ccccc3-4)cc3c2oc2ccc4oc5ccccc5c4c23)cc1. The van der Waals surface area contributed by atoms with Crippen LogP contribution >= 0.6 is 0 Å². The van der Waals surface area contributed by atoms with Gasteiger partial charge in [0.05, 0.1) is 5.41 Å². The second-order valence-electron chi connectivity index (χ2n) is 15.2. The fourth-order valence-electron chi connectivity index (χ4n) is 9.73. The molecule has 9 aromatic carbocycles. The van der Waals surface area contributed by atoms with E-state index in [1.54, 1.807) is 0 Å². The molecule has 0 bridgehead atoms. The molecule has 3 nitrogen and oxygen atoms in total. The van der Waals surface area contributed by atoms with Crippen molar-refractivity contribution in [2.24, 2.45) is 0 Å². The van der Waals surface area contributed by atoms with Gasteiger partial charge in [-0.15, -0.1) is 0 Å². The van der Waals surface area contributed by atoms with E-state index in [-0.39, 0.29) is 0 Å². The average Bonchev–Trinajstić information content (AvgIpc) is 3.96. The summed E-state index contributed by atoms with van der Waals surface area (Å²) in [5.41, 5.74) is 15.7. The topological polar surface area (TPSA) is 29.5 Å². The monoisotopic (exact) mass is 741 g/mol. The zero-order chi connectivity index (χ0) is 38.2. The average molecular weight is 742 g/mol. The normalized spacial score (nSPS) is 13.0. The first-order chi connectivity index (χ1) is 28.8. The highest BCUT2D eigenvalue weighted by Crippen LogP contribution is 2.57. The van der Waals surface area contributed by atoms with E-state index in [4.69, 9.17) is 8.83 Å². The molecule has 272 valence electrons. The van der Waals surface area contributed by atoms with Crippen LogP contribution in [0.15, 0.2) is 221 Å². The molecule has 0 fully saturated rings. The highest BCUT2D eigenvalue weighted by atomic mass is 16.3. The Morgan fingerprint density at radius 1 is 0.345 bits per heavy atom. The van der Waals surface area contributed by atoms with Crippen molar-refractivity contribution in [2.45, 2.75) is 5.41 Å². The fraction of sp³-hybridized carbons (Fsp3) is 0.0182. The molecule has 0 saturated carbocycles. The van der Waals surface area contributed by atoms with Crippen molar-refractivity contribution >= 4 is 60.9 Å². The largest absolute Gasteiger partial charge is 0.456 e. The zero-order valence-electron chi connectivity index (χ0n) is 31.5. The molecule has 1 aliphatic rings. The molecule has 0 radical (unpaired) electrons. The van der Waals surface area contributed by atoms with Crippen LogP contribution in [-0.4, -0.2) is 0 Å². The number of para-hydroxylation sites is 2. The third-order valence-corrected chi connectivity index (χ3v) is 12.1. The summed E-state index contributed by atoms with van der Waals surface area (Å²) in [4.78, 5) is 2.41. The van der Waals surface area contributed by atoms with Crippen LogP contribution in [0.1, 0.15) is 22.3 Å². The van der Waals surface area contributed by atoms with E-state index in [2.05, 4.69) is 193 Å². The Morgan fingerprint density at radius 3 is 1.67 bits per heavy atom. The molecule has 0 aliphatic heterocycles. The van der Waals surface area contributed by atoms with Crippen molar-refractivity contribution in [1.82, 2.24) is 0 Å². The van der Waals surface area contributed by atoms with Crippen LogP contribution in [0.5, 0.6) is 0 Å². The van der Waals surface area contributed by atoms with E-state index >= 15 is 0 Å². The maximum atomic E-state index is 6.87. The van der Waals surface area contributed by atoms with Gasteiger partial charge in [0.25, 0.3) is 0 Å². The number of fused-ring (bicyclic) bond motifs is 10. The zero-order valence-corrected chi connectivity index (χ0v) is 31.5. The van der Waals surface area contributed by atoms with Crippen LogP contribution in [-0.2, 0) is 5.41 Å². The summed E-state index contributed by atoms with van der Waals surface area (Å²) in [6.07, 6.45) is 0. The van der Waals surface area contributed by atoms with Gasteiger partial charge in [0.15, 0.2) is 0 Å². The molecule has 58 heavy (non-hydrogen) atoms. The molecule has 0 saturated heterocycles. The number of rotatable bonds is 6. The first kappa shape index (κ1) is 32.6. The Morgan fingerprint density at radius 2 is 0.931 bits per heavy atom. The van der Waals surface area contributed by atoms with Crippen LogP contribution in [0.25, 0.3) is 66.1 Å².